The molecule has 170 valence electrons. The van der Waals surface area contributed by atoms with Crippen LogP contribution in [0.1, 0.15) is 18.2 Å². The van der Waals surface area contributed by atoms with Crippen molar-refractivity contribution in [2.45, 2.75) is 13.3 Å². The van der Waals surface area contributed by atoms with Gasteiger partial charge < -0.3 is 19.9 Å². The number of nitrogens with zero attached hydrogens (tertiary/aromatic N) is 3. The number of imide groups is 1. The van der Waals surface area contributed by atoms with Crippen LogP contribution in [-0.4, -0.2) is 74.6 Å². The predicted molar refractivity (Wildman–Crippen MR) is 129 cm³/mol. The molecular formula is C24H30N4O3S. The number of benzene rings is 1. The van der Waals surface area contributed by atoms with Crippen LogP contribution in [0.15, 0.2) is 47.5 Å². The lowest BCUT2D eigenvalue weighted by Crippen LogP contribution is -2.44. The quantitative estimate of drug-likeness (QED) is 0.464. The number of likely N-dealkylation sites (N-methyl/N-ethyl adjacent to an activating group) is 1. The Bertz CT molecular complexity index is 964. The van der Waals surface area contributed by atoms with Gasteiger partial charge in [-0.3, -0.25) is 14.5 Å². The highest BCUT2D eigenvalue weighted by molar-refractivity contribution is 7.11. The first kappa shape index (κ1) is 22.5. The van der Waals surface area contributed by atoms with Gasteiger partial charge in [0.2, 0.25) is 0 Å². The molecular weight excluding hydrogens is 424 g/mol. The molecule has 2 aliphatic heterocycles. The maximum atomic E-state index is 13.2. The molecule has 4 rings (SSSR count). The molecule has 3 heterocycles. The molecule has 1 fully saturated rings. The largest absolute Gasteiger partial charge is 0.382 e. The number of ether oxygens (including phenoxy) is 1. The number of nitrogens with one attached hydrogen (secondary N) is 1. The van der Waals surface area contributed by atoms with Crippen LogP contribution in [0.25, 0.3) is 5.57 Å². The minimum absolute atomic E-state index is 0.245. The van der Waals surface area contributed by atoms with Crippen molar-refractivity contribution in [3.63, 3.8) is 0 Å². The number of hydrogen-bond acceptors (Lipinski definition) is 7. The van der Waals surface area contributed by atoms with E-state index in [0.29, 0.717) is 37.4 Å². The average molecular weight is 455 g/mol. The Morgan fingerprint density at radius 3 is 2.44 bits per heavy atom. The summed E-state index contributed by atoms with van der Waals surface area (Å²) in [6, 6.07) is 11.9. The summed E-state index contributed by atoms with van der Waals surface area (Å²) in [5.41, 5.74) is 2.76. The second-order valence-electron chi connectivity index (χ2n) is 8.00. The van der Waals surface area contributed by atoms with E-state index in [2.05, 4.69) is 34.3 Å². The predicted octanol–water partition coefficient (Wildman–Crippen LogP) is 3.12. The Morgan fingerprint density at radius 2 is 1.78 bits per heavy atom. The summed E-state index contributed by atoms with van der Waals surface area (Å²) in [7, 11) is 2.14. The summed E-state index contributed by atoms with van der Waals surface area (Å²) in [5.74, 6) is -0.524. The summed E-state index contributed by atoms with van der Waals surface area (Å²) in [6.45, 7) is 7.52. The van der Waals surface area contributed by atoms with Crippen molar-refractivity contribution in [1.82, 2.24) is 9.80 Å². The van der Waals surface area contributed by atoms with Gasteiger partial charge in [0.15, 0.2) is 0 Å². The molecule has 0 aliphatic carbocycles. The Hall–Kier alpha value is -2.68. The molecule has 0 bridgehead atoms. The van der Waals surface area contributed by atoms with Gasteiger partial charge in [0, 0.05) is 62.2 Å². The summed E-state index contributed by atoms with van der Waals surface area (Å²) >= 11 is 1.46. The van der Waals surface area contributed by atoms with E-state index in [1.54, 1.807) is 0 Å². The van der Waals surface area contributed by atoms with E-state index in [1.165, 1.54) is 21.9 Å². The van der Waals surface area contributed by atoms with E-state index < -0.39 is 0 Å². The number of carbonyl (C=O) groups is 2. The van der Waals surface area contributed by atoms with Crippen molar-refractivity contribution in [2.24, 2.45) is 0 Å². The maximum Gasteiger partial charge on any atom is 0.278 e. The lowest BCUT2D eigenvalue weighted by atomic mass is 10.1. The average Bonchev–Trinajstić information content (AvgIpc) is 3.40. The lowest BCUT2D eigenvalue weighted by molar-refractivity contribution is -0.137. The minimum atomic E-state index is -0.280. The van der Waals surface area contributed by atoms with Crippen LogP contribution in [0.2, 0.25) is 0 Å². The molecule has 0 unspecified atom stereocenters. The maximum absolute atomic E-state index is 13.2. The molecule has 0 saturated carbocycles. The van der Waals surface area contributed by atoms with E-state index in [1.807, 2.05) is 36.6 Å². The monoisotopic (exact) mass is 454 g/mol. The van der Waals surface area contributed by atoms with Gasteiger partial charge in [0.25, 0.3) is 11.8 Å². The van der Waals surface area contributed by atoms with Gasteiger partial charge in [-0.2, -0.15) is 0 Å². The van der Waals surface area contributed by atoms with Crippen LogP contribution >= 0.6 is 11.3 Å². The molecule has 0 spiro atoms. The number of hydrogen-bond donors (Lipinski definition) is 1. The second kappa shape index (κ2) is 10.3. The smallest absolute Gasteiger partial charge is 0.278 e. The highest BCUT2D eigenvalue weighted by atomic mass is 32.1. The zero-order valence-corrected chi connectivity index (χ0v) is 19.5. The van der Waals surface area contributed by atoms with Gasteiger partial charge in [0.1, 0.15) is 5.70 Å². The van der Waals surface area contributed by atoms with Crippen molar-refractivity contribution >= 4 is 40.1 Å². The van der Waals surface area contributed by atoms with Gasteiger partial charge >= 0.3 is 0 Å². The molecule has 0 atom stereocenters. The fourth-order valence-electron chi connectivity index (χ4n) is 3.98. The summed E-state index contributed by atoms with van der Waals surface area (Å²) in [4.78, 5) is 33.1. The zero-order valence-electron chi connectivity index (χ0n) is 18.7. The molecule has 2 amide bonds. The van der Waals surface area contributed by atoms with Gasteiger partial charge in [-0.1, -0.05) is 6.07 Å². The number of carbonyl (C=O) groups excluding carboxylic acids is 2. The lowest BCUT2D eigenvalue weighted by Gasteiger charge is -2.34. The standard InChI is InChI=1S/C24H30N4O3S/c1-3-31-16-5-11-28-23(29)21(20-6-4-17-32-20)22(24(28)30)25-18-7-9-19(10-8-18)27-14-12-26(2)13-15-27/h4,6-10,17,25H,3,5,11-16H2,1-2H3. The van der Waals surface area contributed by atoms with Crippen LogP contribution in [0, 0.1) is 0 Å². The zero-order chi connectivity index (χ0) is 22.5. The van der Waals surface area contributed by atoms with Crippen LogP contribution in [0.4, 0.5) is 11.4 Å². The highest BCUT2D eigenvalue weighted by Gasteiger charge is 2.39. The van der Waals surface area contributed by atoms with Crippen molar-refractivity contribution in [3.05, 3.63) is 52.4 Å². The van der Waals surface area contributed by atoms with Crippen molar-refractivity contribution in [2.75, 3.05) is 63.2 Å². The van der Waals surface area contributed by atoms with Crippen molar-refractivity contribution in [3.8, 4) is 0 Å². The molecule has 32 heavy (non-hydrogen) atoms. The fourth-order valence-corrected chi connectivity index (χ4v) is 4.75. The number of anilines is 2. The van der Waals surface area contributed by atoms with Crippen molar-refractivity contribution in [1.29, 1.82) is 0 Å². The Balaban J connectivity index is 1.51. The van der Waals surface area contributed by atoms with Gasteiger partial charge in [-0.05, 0) is 56.1 Å². The van der Waals surface area contributed by atoms with E-state index in [0.717, 1.165) is 36.7 Å². The Morgan fingerprint density at radius 1 is 1.03 bits per heavy atom. The van der Waals surface area contributed by atoms with Gasteiger partial charge in [0.05, 0.1) is 5.57 Å². The molecule has 2 aromatic rings. The topological polar surface area (TPSA) is 65.1 Å². The number of rotatable bonds is 9. The van der Waals surface area contributed by atoms with E-state index >= 15 is 0 Å². The van der Waals surface area contributed by atoms with E-state index in [9.17, 15) is 9.59 Å². The first-order valence-corrected chi connectivity index (χ1v) is 12.0. The minimum Gasteiger partial charge on any atom is -0.382 e. The third-order valence-electron chi connectivity index (χ3n) is 5.82. The Kier molecular flexibility index (Phi) is 7.24. The van der Waals surface area contributed by atoms with E-state index in [4.69, 9.17) is 4.74 Å². The van der Waals surface area contributed by atoms with Crippen molar-refractivity contribution < 1.29 is 14.3 Å². The van der Waals surface area contributed by atoms with Gasteiger partial charge in [-0.25, -0.2) is 0 Å². The highest BCUT2D eigenvalue weighted by Crippen LogP contribution is 2.33. The molecule has 0 radical (unpaired) electrons. The molecule has 2 aliphatic rings. The Labute approximate surface area is 193 Å². The fraction of sp³-hybridized carbons (Fsp3) is 0.417. The molecule has 7 nitrogen and oxygen atoms in total. The summed E-state index contributed by atoms with van der Waals surface area (Å²) in [5, 5.41) is 5.16. The molecule has 1 aromatic carbocycles. The second-order valence-corrected chi connectivity index (χ2v) is 8.95. The molecule has 8 heteroatoms. The number of piperazine rings is 1. The number of amides is 2. The summed E-state index contributed by atoms with van der Waals surface area (Å²) < 4.78 is 5.37. The van der Waals surface area contributed by atoms with Gasteiger partial charge in [-0.15, -0.1) is 11.3 Å². The molecule has 1 saturated heterocycles. The van der Waals surface area contributed by atoms with E-state index in [-0.39, 0.29) is 11.8 Å². The summed E-state index contributed by atoms with van der Waals surface area (Å²) in [6.07, 6.45) is 0.621. The normalized spacial score (nSPS) is 17.6. The van der Waals surface area contributed by atoms with Crippen LogP contribution in [0.3, 0.4) is 0 Å². The molecule has 1 aromatic heterocycles. The van der Waals surface area contributed by atoms with Crippen LogP contribution in [0.5, 0.6) is 0 Å². The third kappa shape index (κ3) is 4.87. The third-order valence-corrected chi connectivity index (χ3v) is 6.70. The van der Waals surface area contributed by atoms with Crippen LogP contribution in [-0.2, 0) is 14.3 Å². The molecule has 1 N–H and O–H groups in total. The first-order chi connectivity index (χ1) is 15.6. The van der Waals surface area contributed by atoms with Crippen LogP contribution < -0.4 is 10.2 Å². The number of thiophene rings is 1. The SMILES string of the molecule is CCOCCCN1C(=O)C(Nc2ccc(N3CCN(C)CC3)cc2)=C(c2cccs2)C1=O. The first-order valence-electron chi connectivity index (χ1n) is 11.1.